The number of carbonyl (C=O) groups is 1. The molecule has 0 saturated carbocycles. The number of benzene rings is 1. The first kappa shape index (κ1) is 15.6. The van der Waals surface area contributed by atoms with Crippen molar-refractivity contribution in [2.75, 3.05) is 22.1 Å². The zero-order valence-corrected chi connectivity index (χ0v) is 13.7. The van der Waals surface area contributed by atoms with Crippen LogP contribution in [0.2, 0.25) is 0 Å². The average Bonchev–Trinajstić information content (AvgIpc) is 2.51. The van der Waals surface area contributed by atoms with Crippen LogP contribution in [0.5, 0.6) is 0 Å². The van der Waals surface area contributed by atoms with Gasteiger partial charge in [0.25, 0.3) is 0 Å². The van der Waals surface area contributed by atoms with Gasteiger partial charge in [0.1, 0.15) is 11.6 Å². The van der Waals surface area contributed by atoms with Gasteiger partial charge in [0.15, 0.2) is 5.16 Å². The van der Waals surface area contributed by atoms with Crippen LogP contribution in [0.3, 0.4) is 0 Å². The summed E-state index contributed by atoms with van der Waals surface area (Å²) >= 11 is 1.25. The molecule has 7 heteroatoms. The predicted molar refractivity (Wildman–Crippen MR) is 93.3 cm³/mol. The van der Waals surface area contributed by atoms with Crippen LogP contribution in [-0.4, -0.2) is 27.7 Å². The van der Waals surface area contributed by atoms with E-state index in [4.69, 9.17) is 11.5 Å². The molecular formula is C16H19N5OS. The first-order valence-corrected chi connectivity index (χ1v) is 8.46. The molecule has 1 aromatic carbocycles. The predicted octanol–water partition coefficient (Wildman–Crippen LogP) is 2.10. The van der Waals surface area contributed by atoms with Crippen LogP contribution in [0, 0.1) is 0 Å². The second-order valence-corrected chi connectivity index (χ2v) is 6.51. The SMILES string of the molecule is C[C@@H]1CCc2ccccc2N1C(=O)CSc1nc(N)cc(N)n1. The number of aromatic nitrogens is 2. The maximum Gasteiger partial charge on any atom is 0.237 e. The number of nitrogens with zero attached hydrogens (tertiary/aromatic N) is 3. The maximum absolute atomic E-state index is 12.7. The van der Waals surface area contributed by atoms with Crippen LogP contribution in [0.15, 0.2) is 35.5 Å². The van der Waals surface area contributed by atoms with Crippen molar-refractivity contribution in [1.29, 1.82) is 0 Å². The highest BCUT2D eigenvalue weighted by Crippen LogP contribution is 2.31. The molecule has 0 bridgehead atoms. The molecule has 1 amide bonds. The number of rotatable bonds is 3. The van der Waals surface area contributed by atoms with Gasteiger partial charge in [0.2, 0.25) is 5.91 Å². The first-order valence-electron chi connectivity index (χ1n) is 7.47. The van der Waals surface area contributed by atoms with Crippen LogP contribution >= 0.6 is 11.8 Å². The number of amides is 1. The summed E-state index contributed by atoms with van der Waals surface area (Å²) in [7, 11) is 0. The Morgan fingerprint density at radius 1 is 1.30 bits per heavy atom. The van der Waals surface area contributed by atoms with Crippen molar-refractivity contribution < 1.29 is 4.79 Å². The monoisotopic (exact) mass is 329 g/mol. The molecule has 3 rings (SSSR count). The zero-order valence-electron chi connectivity index (χ0n) is 12.9. The quantitative estimate of drug-likeness (QED) is 0.661. The molecule has 4 N–H and O–H groups in total. The zero-order chi connectivity index (χ0) is 16.4. The summed E-state index contributed by atoms with van der Waals surface area (Å²) in [6.45, 7) is 2.08. The van der Waals surface area contributed by atoms with Crippen molar-refractivity contribution in [3.05, 3.63) is 35.9 Å². The number of carbonyl (C=O) groups excluding carboxylic acids is 1. The van der Waals surface area contributed by atoms with Gasteiger partial charge < -0.3 is 16.4 Å². The molecule has 0 saturated heterocycles. The van der Waals surface area contributed by atoms with Crippen LogP contribution in [-0.2, 0) is 11.2 Å². The van der Waals surface area contributed by atoms with E-state index in [9.17, 15) is 4.79 Å². The molecule has 2 heterocycles. The second-order valence-electron chi connectivity index (χ2n) is 5.57. The molecule has 23 heavy (non-hydrogen) atoms. The number of fused-ring (bicyclic) bond motifs is 1. The fourth-order valence-electron chi connectivity index (χ4n) is 2.79. The summed E-state index contributed by atoms with van der Waals surface area (Å²) in [6, 6.07) is 9.74. The Kier molecular flexibility index (Phi) is 4.38. The van der Waals surface area contributed by atoms with E-state index in [1.54, 1.807) is 0 Å². The highest BCUT2D eigenvalue weighted by atomic mass is 32.2. The summed E-state index contributed by atoms with van der Waals surface area (Å²) < 4.78 is 0. The maximum atomic E-state index is 12.7. The summed E-state index contributed by atoms with van der Waals surface area (Å²) in [5, 5.41) is 0.425. The molecule has 2 aromatic rings. The lowest BCUT2D eigenvalue weighted by atomic mass is 9.97. The largest absolute Gasteiger partial charge is 0.383 e. The van der Waals surface area contributed by atoms with E-state index in [1.807, 2.05) is 23.1 Å². The Morgan fingerprint density at radius 2 is 2.00 bits per heavy atom. The average molecular weight is 329 g/mol. The van der Waals surface area contributed by atoms with Crippen molar-refractivity contribution in [2.45, 2.75) is 31.0 Å². The van der Waals surface area contributed by atoms with Gasteiger partial charge in [-0.25, -0.2) is 9.97 Å². The highest BCUT2D eigenvalue weighted by Gasteiger charge is 2.27. The number of thioether (sulfide) groups is 1. The highest BCUT2D eigenvalue weighted by molar-refractivity contribution is 7.99. The second kappa shape index (κ2) is 6.45. The van der Waals surface area contributed by atoms with Gasteiger partial charge in [-0.15, -0.1) is 0 Å². The van der Waals surface area contributed by atoms with Gasteiger partial charge in [-0.3, -0.25) is 4.79 Å². The summed E-state index contributed by atoms with van der Waals surface area (Å²) in [4.78, 5) is 22.8. The number of para-hydroxylation sites is 1. The number of anilines is 3. The van der Waals surface area contributed by atoms with Crippen LogP contribution in [0.4, 0.5) is 17.3 Å². The van der Waals surface area contributed by atoms with Crippen LogP contribution in [0.1, 0.15) is 18.9 Å². The topological polar surface area (TPSA) is 98.1 Å². The molecule has 0 spiro atoms. The Balaban J connectivity index is 1.75. The number of aryl methyl sites for hydroxylation is 1. The van der Waals surface area contributed by atoms with Gasteiger partial charge in [-0.2, -0.15) is 0 Å². The number of nitrogens with two attached hydrogens (primary N) is 2. The van der Waals surface area contributed by atoms with Gasteiger partial charge in [-0.1, -0.05) is 30.0 Å². The number of hydrogen-bond donors (Lipinski definition) is 2. The van der Waals surface area contributed by atoms with Crippen molar-refractivity contribution in [2.24, 2.45) is 0 Å². The van der Waals surface area contributed by atoms with E-state index in [-0.39, 0.29) is 17.7 Å². The van der Waals surface area contributed by atoms with Crippen LogP contribution < -0.4 is 16.4 Å². The molecule has 0 radical (unpaired) electrons. The molecule has 0 fully saturated rings. The third kappa shape index (κ3) is 3.39. The standard InChI is InChI=1S/C16H19N5OS/c1-10-6-7-11-4-2-3-5-12(11)21(10)15(22)9-23-16-19-13(17)8-14(18)20-16/h2-5,8,10H,6-7,9H2,1H3,(H4,17,18,19,20)/t10-/m1/s1. The normalized spacial score (nSPS) is 16.9. The summed E-state index contributed by atoms with van der Waals surface area (Å²) in [6.07, 6.45) is 1.97. The van der Waals surface area contributed by atoms with E-state index >= 15 is 0 Å². The lowest BCUT2D eigenvalue weighted by molar-refractivity contribution is -0.116. The van der Waals surface area contributed by atoms with Crippen molar-refractivity contribution in [3.8, 4) is 0 Å². The van der Waals surface area contributed by atoms with E-state index in [0.717, 1.165) is 18.5 Å². The van der Waals surface area contributed by atoms with Gasteiger partial charge in [-0.05, 0) is 31.4 Å². The van der Waals surface area contributed by atoms with Crippen LogP contribution in [0.25, 0.3) is 0 Å². The Hall–Kier alpha value is -2.28. The summed E-state index contributed by atoms with van der Waals surface area (Å²) in [5.41, 5.74) is 13.5. The minimum absolute atomic E-state index is 0.0410. The molecule has 120 valence electrons. The molecular weight excluding hydrogens is 310 g/mol. The molecule has 1 atom stereocenters. The number of nitrogen functional groups attached to an aromatic ring is 2. The van der Waals surface area contributed by atoms with Crippen molar-refractivity contribution >= 4 is 35.0 Å². The third-order valence-corrected chi connectivity index (χ3v) is 4.69. The fraction of sp³-hybridized carbons (Fsp3) is 0.312. The van der Waals surface area contributed by atoms with E-state index in [0.29, 0.717) is 16.8 Å². The third-order valence-electron chi connectivity index (χ3n) is 3.86. The minimum atomic E-state index is 0.0410. The molecule has 1 aromatic heterocycles. The van der Waals surface area contributed by atoms with Crippen molar-refractivity contribution in [3.63, 3.8) is 0 Å². The molecule has 0 aliphatic carbocycles. The lowest BCUT2D eigenvalue weighted by Gasteiger charge is -2.35. The minimum Gasteiger partial charge on any atom is -0.383 e. The molecule has 1 aliphatic rings. The van der Waals surface area contributed by atoms with E-state index in [1.165, 1.54) is 23.4 Å². The molecule has 6 nitrogen and oxygen atoms in total. The smallest absolute Gasteiger partial charge is 0.237 e. The summed E-state index contributed by atoms with van der Waals surface area (Å²) in [5.74, 6) is 0.911. The number of hydrogen-bond acceptors (Lipinski definition) is 6. The van der Waals surface area contributed by atoms with E-state index in [2.05, 4.69) is 23.0 Å². The van der Waals surface area contributed by atoms with Gasteiger partial charge in [0, 0.05) is 17.8 Å². The Bertz CT molecular complexity index is 716. The molecule has 1 aliphatic heterocycles. The molecule has 0 unspecified atom stereocenters. The van der Waals surface area contributed by atoms with E-state index < -0.39 is 0 Å². The van der Waals surface area contributed by atoms with Crippen molar-refractivity contribution in [1.82, 2.24) is 9.97 Å². The fourth-order valence-corrected chi connectivity index (χ4v) is 3.52. The Morgan fingerprint density at radius 3 is 2.74 bits per heavy atom. The first-order chi connectivity index (χ1) is 11.0. The Labute approximate surface area is 139 Å². The van der Waals surface area contributed by atoms with Gasteiger partial charge >= 0.3 is 0 Å². The van der Waals surface area contributed by atoms with Gasteiger partial charge in [0.05, 0.1) is 5.75 Å². The lowest BCUT2D eigenvalue weighted by Crippen LogP contribution is -2.43.